The summed E-state index contributed by atoms with van der Waals surface area (Å²) in [6.45, 7) is 1.37. The van der Waals surface area contributed by atoms with E-state index in [2.05, 4.69) is 9.97 Å². The van der Waals surface area contributed by atoms with Crippen molar-refractivity contribution in [3.63, 3.8) is 0 Å². The molecular weight excluding hydrogens is 275 g/mol. The number of carboxylic acid groups (broad SMARTS) is 1. The van der Waals surface area contributed by atoms with Crippen molar-refractivity contribution in [2.75, 3.05) is 5.73 Å². The number of benzene rings is 1. The molecule has 0 amide bonds. The summed E-state index contributed by atoms with van der Waals surface area (Å²) in [6.07, 6.45) is -4.49. The van der Waals surface area contributed by atoms with E-state index in [1.54, 1.807) is 0 Å². The smallest absolute Gasteiger partial charge is 0.416 e. The van der Waals surface area contributed by atoms with E-state index in [4.69, 9.17) is 10.8 Å². The molecule has 3 N–H and O–H groups in total. The van der Waals surface area contributed by atoms with E-state index in [9.17, 15) is 18.0 Å². The molecule has 5 nitrogen and oxygen atoms in total. The first-order valence-corrected chi connectivity index (χ1v) is 5.57. The van der Waals surface area contributed by atoms with Gasteiger partial charge < -0.3 is 10.8 Å². The van der Waals surface area contributed by atoms with E-state index in [-0.39, 0.29) is 22.5 Å². The molecule has 2 rings (SSSR count). The third-order valence-corrected chi connectivity index (χ3v) is 2.83. The number of nitrogens with two attached hydrogens (primary N) is 1. The second-order valence-electron chi connectivity index (χ2n) is 4.26. The SMILES string of the molecule is CC(C(=O)O)c1nc(N)c2cc(C(F)(F)F)ccc2n1. The normalized spacial score (nSPS) is 13.4. The van der Waals surface area contributed by atoms with Crippen LogP contribution in [-0.2, 0) is 11.0 Å². The standard InChI is InChI=1S/C12H10F3N3O2/c1-5(11(19)20)10-17-8-3-2-6(12(13,14)15)4-7(8)9(16)18-10/h2-5H,1H3,(H,19,20)(H2,16,17,18). The molecule has 1 heterocycles. The third kappa shape index (κ3) is 2.49. The predicted octanol–water partition coefficient (Wildman–Crippen LogP) is 2.42. The van der Waals surface area contributed by atoms with Gasteiger partial charge in [0.15, 0.2) is 0 Å². The Morgan fingerprint density at radius 3 is 2.55 bits per heavy atom. The van der Waals surface area contributed by atoms with Crippen LogP contribution in [0.4, 0.5) is 19.0 Å². The van der Waals surface area contributed by atoms with Crippen LogP contribution in [-0.4, -0.2) is 21.0 Å². The molecule has 1 aromatic heterocycles. The van der Waals surface area contributed by atoms with Crippen molar-refractivity contribution in [3.8, 4) is 0 Å². The molecule has 106 valence electrons. The van der Waals surface area contributed by atoms with Gasteiger partial charge >= 0.3 is 12.1 Å². The Balaban J connectivity index is 2.61. The number of alkyl halides is 3. The summed E-state index contributed by atoms with van der Waals surface area (Å²) in [6, 6.07) is 2.86. The fourth-order valence-electron chi connectivity index (χ4n) is 1.65. The number of carbonyl (C=O) groups is 1. The maximum Gasteiger partial charge on any atom is 0.416 e. The van der Waals surface area contributed by atoms with Crippen molar-refractivity contribution in [1.29, 1.82) is 0 Å². The lowest BCUT2D eigenvalue weighted by molar-refractivity contribution is -0.139. The first-order valence-electron chi connectivity index (χ1n) is 5.57. The summed E-state index contributed by atoms with van der Waals surface area (Å²) in [7, 11) is 0. The molecule has 0 radical (unpaired) electrons. The average molecular weight is 285 g/mol. The monoisotopic (exact) mass is 285 g/mol. The Hall–Kier alpha value is -2.38. The quantitative estimate of drug-likeness (QED) is 0.884. The van der Waals surface area contributed by atoms with Crippen molar-refractivity contribution < 1.29 is 23.1 Å². The molecular formula is C12H10F3N3O2. The van der Waals surface area contributed by atoms with E-state index < -0.39 is 23.6 Å². The lowest BCUT2D eigenvalue weighted by Gasteiger charge is -2.11. The zero-order valence-electron chi connectivity index (χ0n) is 10.3. The van der Waals surface area contributed by atoms with Gasteiger partial charge in [-0.2, -0.15) is 13.2 Å². The summed E-state index contributed by atoms with van der Waals surface area (Å²) in [5.41, 5.74) is 4.91. The van der Waals surface area contributed by atoms with Gasteiger partial charge in [0.25, 0.3) is 0 Å². The van der Waals surface area contributed by atoms with E-state index in [0.717, 1.165) is 18.2 Å². The van der Waals surface area contributed by atoms with Gasteiger partial charge in [0, 0.05) is 5.39 Å². The second-order valence-corrected chi connectivity index (χ2v) is 4.26. The van der Waals surface area contributed by atoms with Gasteiger partial charge in [0.2, 0.25) is 0 Å². The van der Waals surface area contributed by atoms with Crippen LogP contribution >= 0.6 is 0 Å². The maximum atomic E-state index is 12.6. The fraction of sp³-hybridized carbons (Fsp3) is 0.250. The maximum absolute atomic E-state index is 12.6. The molecule has 8 heteroatoms. The molecule has 2 aromatic rings. The second kappa shape index (κ2) is 4.62. The fourth-order valence-corrected chi connectivity index (χ4v) is 1.65. The van der Waals surface area contributed by atoms with Crippen LogP contribution in [0.5, 0.6) is 0 Å². The molecule has 0 saturated carbocycles. The topological polar surface area (TPSA) is 89.1 Å². The highest BCUT2D eigenvalue weighted by atomic mass is 19.4. The Bertz CT molecular complexity index is 685. The summed E-state index contributed by atoms with van der Waals surface area (Å²) in [5, 5.41) is 8.92. The number of nitrogen functional groups attached to an aromatic ring is 1. The highest BCUT2D eigenvalue weighted by molar-refractivity contribution is 5.89. The van der Waals surface area contributed by atoms with Gasteiger partial charge in [-0.1, -0.05) is 0 Å². The largest absolute Gasteiger partial charge is 0.481 e. The lowest BCUT2D eigenvalue weighted by Crippen LogP contribution is -2.13. The van der Waals surface area contributed by atoms with Gasteiger partial charge in [0.1, 0.15) is 17.6 Å². The zero-order chi connectivity index (χ0) is 15.1. The average Bonchev–Trinajstić information content (AvgIpc) is 2.36. The molecule has 0 spiro atoms. The molecule has 0 aliphatic carbocycles. The van der Waals surface area contributed by atoms with E-state index >= 15 is 0 Å². The van der Waals surface area contributed by atoms with Crippen LogP contribution in [0.2, 0.25) is 0 Å². The molecule has 0 aliphatic rings. The number of aromatic nitrogens is 2. The number of nitrogens with zero attached hydrogens (tertiary/aromatic N) is 2. The van der Waals surface area contributed by atoms with Crippen molar-refractivity contribution >= 4 is 22.7 Å². The van der Waals surface area contributed by atoms with Crippen molar-refractivity contribution in [3.05, 3.63) is 29.6 Å². The number of anilines is 1. The van der Waals surface area contributed by atoms with Gasteiger partial charge in [-0.25, -0.2) is 9.97 Å². The first kappa shape index (κ1) is 14.0. The minimum Gasteiger partial charge on any atom is -0.481 e. The van der Waals surface area contributed by atoms with Gasteiger partial charge in [-0.05, 0) is 25.1 Å². The Kier molecular flexibility index (Phi) is 3.24. The van der Waals surface area contributed by atoms with Crippen LogP contribution in [0.15, 0.2) is 18.2 Å². The van der Waals surface area contributed by atoms with Gasteiger partial charge in [0.05, 0.1) is 11.1 Å². The molecule has 1 aromatic carbocycles. The van der Waals surface area contributed by atoms with Crippen molar-refractivity contribution in [2.24, 2.45) is 0 Å². The van der Waals surface area contributed by atoms with Crippen LogP contribution in [0.25, 0.3) is 10.9 Å². The molecule has 1 atom stereocenters. The molecule has 0 fully saturated rings. The number of hydrogen-bond acceptors (Lipinski definition) is 4. The van der Waals surface area contributed by atoms with Crippen LogP contribution in [0, 0.1) is 0 Å². The number of halogens is 3. The van der Waals surface area contributed by atoms with Crippen LogP contribution < -0.4 is 5.73 Å². The number of aliphatic carboxylic acids is 1. The Morgan fingerprint density at radius 1 is 1.35 bits per heavy atom. The molecule has 0 saturated heterocycles. The minimum atomic E-state index is -4.49. The van der Waals surface area contributed by atoms with Crippen molar-refractivity contribution in [2.45, 2.75) is 19.0 Å². The van der Waals surface area contributed by atoms with E-state index in [0.29, 0.717) is 0 Å². The predicted molar refractivity (Wildman–Crippen MR) is 65.0 cm³/mol. The lowest BCUT2D eigenvalue weighted by atomic mass is 10.1. The van der Waals surface area contributed by atoms with Gasteiger partial charge in [-0.3, -0.25) is 4.79 Å². The van der Waals surface area contributed by atoms with Gasteiger partial charge in [-0.15, -0.1) is 0 Å². The minimum absolute atomic E-state index is 0.0396. The zero-order valence-corrected chi connectivity index (χ0v) is 10.3. The molecule has 1 unspecified atom stereocenters. The van der Waals surface area contributed by atoms with Crippen LogP contribution in [0.1, 0.15) is 24.2 Å². The van der Waals surface area contributed by atoms with E-state index in [1.165, 1.54) is 6.92 Å². The summed E-state index contributed by atoms with van der Waals surface area (Å²) in [5.74, 6) is -2.36. The highest BCUT2D eigenvalue weighted by Gasteiger charge is 2.31. The molecule has 0 bridgehead atoms. The van der Waals surface area contributed by atoms with Crippen molar-refractivity contribution in [1.82, 2.24) is 9.97 Å². The number of carboxylic acids is 1. The molecule has 20 heavy (non-hydrogen) atoms. The Morgan fingerprint density at radius 2 is 2.00 bits per heavy atom. The molecule has 0 aliphatic heterocycles. The number of rotatable bonds is 2. The summed E-state index contributed by atoms with van der Waals surface area (Å²) in [4.78, 5) is 18.6. The first-order chi connectivity index (χ1) is 9.20. The Labute approximate surface area is 111 Å². The summed E-state index contributed by atoms with van der Waals surface area (Å²) >= 11 is 0. The highest BCUT2D eigenvalue weighted by Crippen LogP contribution is 2.32. The third-order valence-electron chi connectivity index (χ3n) is 2.83. The summed E-state index contributed by atoms with van der Waals surface area (Å²) < 4.78 is 37.8. The number of fused-ring (bicyclic) bond motifs is 1. The number of hydrogen-bond donors (Lipinski definition) is 2. The van der Waals surface area contributed by atoms with Crippen LogP contribution in [0.3, 0.4) is 0 Å². The van der Waals surface area contributed by atoms with E-state index in [1.807, 2.05) is 0 Å².